The number of ether oxygens (including phenoxy) is 1. The molecule has 4 N–H and O–H groups in total. The average Bonchev–Trinajstić information content (AvgIpc) is 3.77. The lowest BCUT2D eigenvalue weighted by atomic mass is 10.1. The molecule has 3 aromatic heterocycles. The number of piperazine rings is 1. The van der Waals surface area contributed by atoms with Gasteiger partial charge in [-0.3, -0.25) is 4.79 Å². The highest BCUT2D eigenvalue weighted by molar-refractivity contribution is 5.82. The summed E-state index contributed by atoms with van der Waals surface area (Å²) < 4.78 is 5.08. The van der Waals surface area contributed by atoms with Gasteiger partial charge in [-0.15, -0.1) is 0 Å². The van der Waals surface area contributed by atoms with Gasteiger partial charge in [-0.2, -0.15) is 5.26 Å². The normalized spacial score (nSPS) is 17.1. The van der Waals surface area contributed by atoms with Crippen LogP contribution in [-0.2, 0) is 9.53 Å². The fourth-order valence-electron chi connectivity index (χ4n) is 5.10. The van der Waals surface area contributed by atoms with Gasteiger partial charge in [0.2, 0.25) is 5.91 Å². The van der Waals surface area contributed by atoms with Crippen molar-refractivity contribution in [3.05, 3.63) is 54.0 Å². The van der Waals surface area contributed by atoms with Crippen molar-refractivity contribution in [1.82, 2.24) is 19.9 Å². The predicted molar refractivity (Wildman–Crippen MR) is 150 cm³/mol. The summed E-state index contributed by atoms with van der Waals surface area (Å²) in [6.07, 6.45) is 5.71. The summed E-state index contributed by atoms with van der Waals surface area (Å²) in [4.78, 5) is 32.1. The first kappa shape index (κ1) is 26.2. The third kappa shape index (κ3) is 5.56. The molecule has 1 amide bonds. The number of pyridine rings is 3. The minimum atomic E-state index is -0.0170. The maximum atomic E-state index is 12.6. The van der Waals surface area contributed by atoms with E-state index in [4.69, 9.17) is 21.2 Å². The maximum Gasteiger partial charge on any atom is 0.225 e. The summed E-state index contributed by atoms with van der Waals surface area (Å²) in [6, 6.07) is 11.6. The van der Waals surface area contributed by atoms with Gasteiger partial charge >= 0.3 is 0 Å². The van der Waals surface area contributed by atoms with E-state index < -0.39 is 0 Å². The second-order valence-electron chi connectivity index (χ2n) is 9.99. The molecule has 11 heteroatoms. The van der Waals surface area contributed by atoms with Crippen LogP contribution in [0.15, 0.2) is 42.7 Å². The number of hydrogen-bond acceptors (Lipinski definition) is 10. The summed E-state index contributed by atoms with van der Waals surface area (Å²) in [5.74, 6) is 1.77. The van der Waals surface area contributed by atoms with Crippen LogP contribution in [0.1, 0.15) is 43.4 Å². The van der Waals surface area contributed by atoms with Crippen LogP contribution in [-0.4, -0.2) is 65.2 Å². The Kier molecular flexibility index (Phi) is 7.47. The number of amides is 1. The molecule has 1 aliphatic carbocycles. The SMILES string of the molecule is COCCC(=O)N1CCN(c2nc(C3CC3)c(N(c3ccnc(N)c3)c3ccnc(N)c3)cc2C#N)C[C@H]1C. The molecule has 0 unspecified atom stereocenters. The Labute approximate surface area is 228 Å². The molecule has 1 saturated carbocycles. The number of carbonyl (C=O) groups excluding carboxylic acids is 1. The Hall–Kier alpha value is -4.43. The Morgan fingerprint density at radius 2 is 1.79 bits per heavy atom. The summed E-state index contributed by atoms with van der Waals surface area (Å²) >= 11 is 0. The van der Waals surface area contributed by atoms with E-state index in [0.717, 1.165) is 35.6 Å². The first-order valence-corrected chi connectivity index (χ1v) is 13.1. The van der Waals surface area contributed by atoms with Crippen LogP contribution in [0.4, 0.5) is 34.5 Å². The first-order valence-electron chi connectivity index (χ1n) is 13.1. The van der Waals surface area contributed by atoms with Crippen LogP contribution in [0.25, 0.3) is 0 Å². The fraction of sp³-hybridized carbons (Fsp3) is 0.393. The lowest BCUT2D eigenvalue weighted by Crippen LogP contribution is -2.54. The van der Waals surface area contributed by atoms with E-state index in [9.17, 15) is 10.1 Å². The van der Waals surface area contributed by atoms with E-state index in [0.29, 0.717) is 55.7 Å². The highest BCUT2D eigenvalue weighted by Gasteiger charge is 2.34. The van der Waals surface area contributed by atoms with Crippen LogP contribution in [0, 0.1) is 11.3 Å². The molecule has 2 fully saturated rings. The number of anilines is 6. The van der Waals surface area contributed by atoms with E-state index in [2.05, 4.69) is 20.9 Å². The highest BCUT2D eigenvalue weighted by Crippen LogP contribution is 2.48. The molecule has 0 radical (unpaired) electrons. The zero-order chi connectivity index (χ0) is 27.5. The quantitative estimate of drug-likeness (QED) is 0.446. The number of hydrogen-bond donors (Lipinski definition) is 2. The number of nitrogens with two attached hydrogens (primary N) is 2. The molecule has 3 aromatic rings. The van der Waals surface area contributed by atoms with Crippen molar-refractivity contribution in [2.24, 2.45) is 0 Å². The van der Waals surface area contributed by atoms with E-state index in [1.165, 1.54) is 0 Å². The lowest BCUT2D eigenvalue weighted by Gasteiger charge is -2.41. The number of nitrogen functional groups attached to an aromatic ring is 2. The van der Waals surface area contributed by atoms with Gasteiger partial charge < -0.3 is 30.9 Å². The van der Waals surface area contributed by atoms with Crippen molar-refractivity contribution in [3.63, 3.8) is 0 Å². The molecule has 1 atom stereocenters. The number of nitrogens with zero attached hydrogens (tertiary/aromatic N) is 7. The highest BCUT2D eigenvalue weighted by atomic mass is 16.5. The van der Waals surface area contributed by atoms with Crippen LogP contribution in [0.2, 0.25) is 0 Å². The Morgan fingerprint density at radius 3 is 2.33 bits per heavy atom. The third-order valence-corrected chi connectivity index (χ3v) is 7.15. The molecule has 1 aliphatic heterocycles. The molecule has 202 valence electrons. The smallest absolute Gasteiger partial charge is 0.225 e. The molecule has 0 bridgehead atoms. The number of rotatable bonds is 8. The monoisotopic (exact) mass is 527 g/mol. The largest absolute Gasteiger partial charge is 0.384 e. The van der Waals surface area contributed by atoms with Crippen molar-refractivity contribution < 1.29 is 9.53 Å². The third-order valence-electron chi connectivity index (χ3n) is 7.15. The Balaban J connectivity index is 1.55. The second kappa shape index (κ2) is 11.1. The van der Waals surface area contributed by atoms with Crippen molar-refractivity contribution in [2.45, 2.75) is 38.1 Å². The summed E-state index contributed by atoms with van der Waals surface area (Å²) in [5, 5.41) is 10.3. The first-order chi connectivity index (χ1) is 18.9. The summed E-state index contributed by atoms with van der Waals surface area (Å²) in [5.41, 5.74) is 15.9. The van der Waals surface area contributed by atoms with Crippen molar-refractivity contribution in [1.29, 1.82) is 5.26 Å². The van der Waals surface area contributed by atoms with Gasteiger partial charge in [0, 0.05) is 63.2 Å². The molecule has 0 aromatic carbocycles. The second-order valence-corrected chi connectivity index (χ2v) is 9.99. The van der Waals surface area contributed by atoms with Gasteiger partial charge in [0.1, 0.15) is 23.5 Å². The van der Waals surface area contributed by atoms with Gasteiger partial charge in [-0.1, -0.05) is 0 Å². The van der Waals surface area contributed by atoms with Gasteiger partial charge in [0.05, 0.1) is 41.3 Å². The molecule has 4 heterocycles. The Bertz CT molecular complexity index is 1360. The van der Waals surface area contributed by atoms with Crippen LogP contribution >= 0.6 is 0 Å². The molecule has 11 nitrogen and oxygen atoms in total. The van der Waals surface area contributed by atoms with Crippen LogP contribution in [0.3, 0.4) is 0 Å². The number of aromatic nitrogens is 3. The van der Waals surface area contributed by atoms with Gasteiger partial charge in [-0.05, 0) is 38.0 Å². The van der Waals surface area contributed by atoms with Gasteiger partial charge in [0.25, 0.3) is 0 Å². The lowest BCUT2D eigenvalue weighted by molar-refractivity contribution is -0.134. The minimum Gasteiger partial charge on any atom is -0.384 e. The molecule has 39 heavy (non-hydrogen) atoms. The topological polar surface area (TPSA) is 151 Å². The standard InChI is InChI=1S/C28H33N9O2/c1-18-17-35(10-11-36(18)26(38)7-12-39-2)28-20(16-29)13-23(27(34-28)19-3-4-19)37(21-5-8-32-24(30)14-21)22-6-9-33-25(31)15-22/h5-6,8-9,13-15,18-19H,3-4,7,10-12,17H2,1-2H3,(H2,30,32)(H2,31,33)/t18-/m1/s1. The maximum absolute atomic E-state index is 12.6. The molecular formula is C28H33N9O2. The number of carbonyl (C=O) groups is 1. The fourth-order valence-corrected chi connectivity index (χ4v) is 5.10. The van der Waals surface area contributed by atoms with Crippen LogP contribution in [0.5, 0.6) is 0 Å². The summed E-state index contributed by atoms with van der Waals surface area (Å²) in [7, 11) is 1.60. The average molecular weight is 528 g/mol. The molecular weight excluding hydrogens is 494 g/mol. The van der Waals surface area contributed by atoms with Crippen molar-refractivity contribution in [3.8, 4) is 6.07 Å². The van der Waals surface area contributed by atoms with Gasteiger partial charge in [0.15, 0.2) is 0 Å². The van der Waals surface area contributed by atoms with Crippen molar-refractivity contribution >= 4 is 40.4 Å². The Morgan fingerprint density at radius 1 is 1.13 bits per heavy atom. The van der Waals surface area contributed by atoms with E-state index in [1.54, 1.807) is 31.6 Å². The molecule has 0 spiro atoms. The van der Waals surface area contributed by atoms with Crippen LogP contribution < -0.4 is 21.3 Å². The van der Waals surface area contributed by atoms with E-state index in [1.807, 2.05) is 34.9 Å². The number of nitriles is 1. The summed E-state index contributed by atoms with van der Waals surface area (Å²) in [6.45, 7) is 4.19. The van der Waals surface area contributed by atoms with E-state index in [-0.39, 0.29) is 17.9 Å². The van der Waals surface area contributed by atoms with Gasteiger partial charge in [-0.25, -0.2) is 15.0 Å². The van der Waals surface area contributed by atoms with Crippen molar-refractivity contribution in [2.75, 3.05) is 54.6 Å². The number of methoxy groups -OCH3 is 1. The molecule has 1 saturated heterocycles. The van der Waals surface area contributed by atoms with E-state index >= 15 is 0 Å². The molecule has 2 aliphatic rings. The zero-order valence-corrected chi connectivity index (χ0v) is 22.2. The minimum absolute atomic E-state index is 0.0170. The zero-order valence-electron chi connectivity index (χ0n) is 22.2. The molecule has 5 rings (SSSR count). The predicted octanol–water partition coefficient (Wildman–Crippen LogP) is 3.33.